The van der Waals surface area contributed by atoms with E-state index in [-0.39, 0.29) is 24.5 Å². The fourth-order valence-corrected chi connectivity index (χ4v) is 2.95. The largest absolute Gasteiger partial charge is 0.484 e. The summed E-state index contributed by atoms with van der Waals surface area (Å²) in [6.45, 7) is 7.70. The Labute approximate surface area is 175 Å². The van der Waals surface area contributed by atoms with Crippen LogP contribution in [0.2, 0.25) is 0 Å². The van der Waals surface area contributed by atoms with Gasteiger partial charge in [-0.1, -0.05) is 46.3 Å². The summed E-state index contributed by atoms with van der Waals surface area (Å²) in [5, 5.41) is 2.87. The van der Waals surface area contributed by atoms with Crippen LogP contribution in [0.3, 0.4) is 0 Å². The van der Waals surface area contributed by atoms with Gasteiger partial charge in [-0.25, -0.2) is 0 Å². The van der Waals surface area contributed by atoms with E-state index < -0.39 is 6.04 Å². The molecule has 0 fully saturated rings. The lowest BCUT2D eigenvalue weighted by Gasteiger charge is -2.29. The van der Waals surface area contributed by atoms with Crippen LogP contribution in [-0.2, 0) is 16.1 Å². The van der Waals surface area contributed by atoms with Crippen LogP contribution in [-0.4, -0.2) is 35.4 Å². The molecule has 28 heavy (non-hydrogen) atoms. The van der Waals surface area contributed by atoms with E-state index >= 15 is 0 Å². The number of benzene rings is 2. The van der Waals surface area contributed by atoms with Crippen LogP contribution in [0.5, 0.6) is 5.75 Å². The van der Waals surface area contributed by atoms with E-state index in [1.807, 2.05) is 63.2 Å². The summed E-state index contributed by atoms with van der Waals surface area (Å²) in [6, 6.07) is 14.6. The molecule has 2 aromatic rings. The Morgan fingerprint density at radius 2 is 1.79 bits per heavy atom. The van der Waals surface area contributed by atoms with Crippen LogP contribution in [0.25, 0.3) is 0 Å². The minimum absolute atomic E-state index is 0.00520. The Kier molecular flexibility index (Phi) is 8.05. The van der Waals surface area contributed by atoms with E-state index in [4.69, 9.17) is 4.74 Å². The fourth-order valence-electron chi connectivity index (χ4n) is 2.70. The maximum absolute atomic E-state index is 12.9. The number of ether oxygens (including phenoxy) is 1. The van der Waals surface area contributed by atoms with Gasteiger partial charge in [-0.3, -0.25) is 9.59 Å². The Morgan fingerprint density at radius 1 is 1.11 bits per heavy atom. The molecule has 0 saturated carbocycles. The summed E-state index contributed by atoms with van der Waals surface area (Å²) in [4.78, 5) is 27.0. The second-order valence-corrected chi connectivity index (χ2v) is 7.90. The number of hydrogen-bond donors (Lipinski definition) is 1. The monoisotopic (exact) mass is 446 g/mol. The molecule has 0 aromatic heterocycles. The molecule has 5 nitrogen and oxygen atoms in total. The lowest BCUT2D eigenvalue weighted by Crippen LogP contribution is -2.50. The van der Waals surface area contributed by atoms with Gasteiger partial charge in [0.25, 0.3) is 5.91 Å². The summed E-state index contributed by atoms with van der Waals surface area (Å²) in [5.74, 6) is 0.197. The minimum atomic E-state index is -0.606. The zero-order valence-electron chi connectivity index (χ0n) is 16.7. The average molecular weight is 447 g/mol. The van der Waals surface area contributed by atoms with Crippen LogP contribution in [0.1, 0.15) is 31.9 Å². The van der Waals surface area contributed by atoms with Gasteiger partial charge in [-0.05, 0) is 57.0 Å². The molecule has 1 atom stereocenters. The average Bonchev–Trinajstić information content (AvgIpc) is 2.66. The Hall–Kier alpha value is -2.34. The number of aryl methyl sites for hydroxylation is 1. The second kappa shape index (κ2) is 10.3. The quantitative estimate of drug-likeness (QED) is 0.664. The van der Waals surface area contributed by atoms with E-state index in [0.717, 1.165) is 15.6 Å². The van der Waals surface area contributed by atoms with Gasteiger partial charge in [0.15, 0.2) is 6.61 Å². The summed E-state index contributed by atoms with van der Waals surface area (Å²) in [7, 11) is 0. The van der Waals surface area contributed by atoms with Gasteiger partial charge in [0, 0.05) is 17.1 Å². The summed E-state index contributed by atoms with van der Waals surface area (Å²) in [5.41, 5.74) is 1.98. The number of carbonyl (C=O) groups excluding carboxylic acids is 2. The van der Waals surface area contributed by atoms with Crippen LogP contribution in [0, 0.1) is 6.92 Å². The molecule has 6 heteroatoms. The zero-order chi connectivity index (χ0) is 20.7. The molecule has 0 saturated heterocycles. The van der Waals surface area contributed by atoms with Crippen molar-refractivity contribution >= 4 is 27.7 Å². The molecular formula is C22H27BrN2O3. The number of rotatable bonds is 8. The van der Waals surface area contributed by atoms with Crippen molar-refractivity contribution in [3.8, 4) is 5.75 Å². The van der Waals surface area contributed by atoms with Crippen molar-refractivity contribution in [1.82, 2.24) is 10.2 Å². The van der Waals surface area contributed by atoms with Gasteiger partial charge < -0.3 is 15.0 Å². The molecule has 0 radical (unpaired) electrons. The topological polar surface area (TPSA) is 58.6 Å². The van der Waals surface area contributed by atoms with Crippen LogP contribution in [0.4, 0.5) is 0 Å². The first-order chi connectivity index (χ1) is 13.3. The molecule has 2 aromatic carbocycles. The molecule has 0 aliphatic rings. The lowest BCUT2D eigenvalue weighted by atomic mass is 10.1. The van der Waals surface area contributed by atoms with Crippen LogP contribution < -0.4 is 10.1 Å². The first-order valence-electron chi connectivity index (χ1n) is 9.30. The standard InChI is InChI=1S/C22H27BrN2O3/c1-15(2)24-22(27)17(4)25(13-18-8-6-5-7-9-18)21(26)14-28-19-10-11-20(23)16(3)12-19/h5-12,15,17H,13-14H2,1-4H3,(H,24,27). The first kappa shape index (κ1) is 22.0. The maximum Gasteiger partial charge on any atom is 0.261 e. The normalized spacial score (nSPS) is 11.8. The molecular weight excluding hydrogens is 420 g/mol. The van der Waals surface area contributed by atoms with E-state index in [2.05, 4.69) is 21.2 Å². The highest BCUT2D eigenvalue weighted by Gasteiger charge is 2.26. The SMILES string of the molecule is Cc1cc(OCC(=O)N(Cc2ccccc2)C(C)C(=O)NC(C)C)ccc1Br. The predicted molar refractivity (Wildman–Crippen MR) is 114 cm³/mol. The number of carbonyl (C=O) groups is 2. The first-order valence-corrected chi connectivity index (χ1v) is 10.1. The highest BCUT2D eigenvalue weighted by atomic mass is 79.9. The van der Waals surface area contributed by atoms with Crippen molar-refractivity contribution in [2.45, 2.75) is 46.3 Å². The Morgan fingerprint density at radius 3 is 2.39 bits per heavy atom. The zero-order valence-corrected chi connectivity index (χ0v) is 18.3. The molecule has 150 valence electrons. The number of nitrogens with zero attached hydrogens (tertiary/aromatic N) is 1. The lowest BCUT2D eigenvalue weighted by molar-refractivity contribution is -0.142. The molecule has 0 aliphatic carbocycles. The molecule has 1 unspecified atom stereocenters. The van der Waals surface area contributed by atoms with E-state index in [9.17, 15) is 9.59 Å². The third-order valence-corrected chi connectivity index (χ3v) is 5.18. The highest BCUT2D eigenvalue weighted by molar-refractivity contribution is 9.10. The second-order valence-electron chi connectivity index (χ2n) is 7.05. The molecule has 0 bridgehead atoms. The third-order valence-electron chi connectivity index (χ3n) is 4.29. The van der Waals surface area contributed by atoms with Crippen molar-refractivity contribution in [1.29, 1.82) is 0 Å². The molecule has 0 spiro atoms. The van der Waals surface area contributed by atoms with Gasteiger partial charge in [0.2, 0.25) is 5.91 Å². The summed E-state index contributed by atoms with van der Waals surface area (Å²) < 4.78 is 6.67. The van der Waals surface area contributed by atoms with Crippen molar-refractivity contribution < 1.29 is 14.3 Å². The Bertz CT molecular complexity index is 809. The minimum Gasteiger partial charge on any atom is -0.484 e. The number of hydrogen-bond acceptors (Lipinski definition) is 3. The van der Waals surface area contributed by atoms with Crippen molar-refractivity contribution in [2.75, 3.05) is 6.61 Å². The van der Waals surface area contributed by atoms with E-state index in [1.165, 1.54) is 0 Å². The summed E-state index contributed by atoms with van der Waals surface area (Å²) in [6.07, 6.45) is 0. The molecule has 1 N–H and O–H groups in total. The number of amides is 2. The Balaban J connectivity index is 2.13. The van der Waals surface area contributed by atoms with Crippen molar-refractivity contribution in [3.63, 3.8) is 0 Å². The van der Waals surface area contributed by atoms with Gasteiger partial charge >= 0.3 is 0 Å². The van der Waals surface area contributed by atoms with Crippen molar-refractivity contribution in [3.05, 3.63) is 64.1 Å². The smallest absolute Gasteiger partial charge is 0.261 e. The van der Waals surface area contributed by atoms with Gasteiger partial charge in [-0.2, -0.15) is 0 Å². The van der Waals surface area contributed by atoms with E-state index in [0.29, 0.717) is 12.3 Å². The van der Waals surface area contributed by atoms with Crippen LogP contribution in [0.15, 0.2) is 53.0 Å². The van der Waals surface area contributed by atoms with Crippen molar-refractivity contribution in [2.24, 2.45) is 0 Å². The predicted octanol–water partition coefficient (Wildman–Crippen LogP) is 4.08. The molecule has 0 heterocycles. The number of halogens is 1. The summed E-state index contributed by atoms with van der Waals surface area (Å²) >= 11 is 3.45. The maximum atomic E-state index is 12.9. The molecule has 2 rings (SSSR count). The van der Waals surface area contributed by atoms with Gasteiger partial charge in [-0.15, -0.1) is 0 Å². The van der Waals surface area contributed by atoms with Gasteiger partial charge in [0.1, 0.15) is 11.8 Å². The molecule has 0 aliphatic heterocycles. The fraction of sp³-hybridized carbons (Fsp3) is 0.364. The third kappa shape index (κ3) is 6.37. The van der Waals surface area contributed by atoms with Gasteiger partial charge in [0.05, 0.1) is 0 Å². The molecule has 2 amide bonds. The number of nitrogens with one attached hydrogen (secondary N) is 1. The van der Waals surface area contributed by atoms with E-state index in [1.54, 1.807) is 17.9 Å². The van der Waals surface area contributed by atoms with Crippen LogP contribution >= 0.6 is 15.9 Å². The highest BCUT2D eigenvalue weighted by Crippen LogP contribution is 2.21.